The molecule has 0 radical (unpaired) electrons. The van der Waals surface area contributed by atoms with Crippen molar-refractivity contribution in [3.05, 3.63) is 76.1 Å². The van der Waals surface area contributed by atoms with Crippen LogP contribution in [0.2, 0.25) is 5.02 Å². The van der Waals surface area contributed by atoms with Crippen molar-refractivity contribution in [3.63, 3.8) is 0 Å². The molecule has 1 aromatic heterocycles. The third-order valence-corrected chi connectivity index (χ3v) is 11.2. The summed E-state index contributed by atoms with van der Waals surface area (Å²) in [6.07, 6.45) is 0.150. The number of anilines is 1. The van der Waals surface area contributed by atoms with Gasteiger partial charge in [-0.2, -0.15) is 0 Å². The van der Waals surface area contributed by atoms with Crippen LogP contribution in [0.15, 0.2) is 41.4 Å². The van der Waals surface area contributed by atoms with Gasteiger partial charge in [-0.15, -0.1) is 0 Å². The van der Waals surface area contributed by atoms with E-state index in [0.717, 1.165) is 6.07 Å². The van der Waals surface area contributed by atoms with Gasteiger partial charge < -0.3 is 25.6 Å². The number of aliphatic hydroxyl groups excluding tert-OH is 1. The van der Waals surface area contributed by atoms with Crippen LogP contribution in [0.25, 0.3) is 0 Å². The van der Waals surface area contributed by atoms with Crippen LogP contribution in [0.5, 0.6) is 0 Å². The summed E-state index contributed by atoms with van der Waals surface area (Å²) in [6.45, 7) is 4.75. The molecule has 9 nitrogen and oxygen atoms in total. The van der Waals surface area contributed by atoms with E-state index >= 15 is 0 Å². The van der Waals surface area contributed by atoms with E-state index in [1.54, 1.807) is 0 Å². The van der Waals surface area contributed by atoms with Gasteiger partial charge in [0.15, 0.2) is 27.3 Å². The molecule has 226 valence electrons. The van der Waals surface area contributed by atoms with Gasteiger partial charge in [-0.1, -0.05) is 18.5 Å². The van der Waals surface area contributed by atoms with Gasteiger partial charge >= 0.3 is 0 Å². The molecular formula is C28H29ClF3N3O6S. The zero-order chi connectivity index (χ0) is 30.9. The second-order valence-corrected chi connectivity index (χ2v) is 14.2. The number of halogens is 4. The fourth-order valence-electron chi connectivity index (χ4n) is 6.23. The Kier molecular flexibility index (Phi) is 7.50. The molecule has 3 aromatic rings. The lowest BCUT2D eigenvalue weighted by Crippen LogP contribution is -2.65. The molecule has 1 heterocycles. The SMILES string of the molecule is CC1C2CC(S(=O)(=O)c3cc(C(=O)Nc4cc(F)c(F)c(F)c4)ccc3Cl)CC1C2(O)c1ncc(C(O)C(C)(C)O)[nH]1. The summed E-state index contributed by atoms with van der Waals surface area (Å²) in [5.74, 6) is -6.49. The zero-order valence-corrected chi connectivity index (χ0v) is 24.3. The predicted molar refractivity (Wildman–Crippen MR) is 146 cm³/mol. The summed E-state index contributed by atoms with van der Waals surface area (Å²) < 4.78 is 68.0. The Morgan fingerprint density at radius 2 is 1.76 bits per heavy atom. The number of rotatable bonds is 7. The number of fused-ring (bicyclic) bond motifs is 2. The largest absolute Gasteiger partial charge is 0.387 e. The molecule has 42 heavy (non-hydrogen) atoms. The van der Waals surface area contributed by atoms with Gasteiger partial charge in [0, 0.05) is 23.4 Å². The number of amides is 1. The number of nitrogens with zero attached hydrogens (tertiary/aromatic N) is 1. The van der Waals surface area contributed by atoms with Crippen molar-refractivity contribution in [1.29, 1.82) is 0 Å². The van der Waals surface area contributed by atoms with Gasteiger partial charge in [0.1, 0.15) is 17.5 Å². The standard InChI is InChI=1S/C28H29ClF3N3O6S/c1-12-16-9-15(10-17(12)28(16,39)26-33-11-21(35-26)24(36)27(2,3)38)42(40,41)22-6-13(4-5-18(22)29)25(37)34-14-7-19(30)23(32)20(31)8-14/h4-8,11-12,15-17,24,36,38-39H,9-10H2,1-3H3,(H,33,35)(H,34,37). The summed E-state index contributed by atoms with van der Waals surface area (Å²) in [5, 5.41) is 33.3. The van der Waals surface area contributed by atoms with E-state index in [9.17, 15) is 41.7 Å². The Labute approximate surface area is 244 Å². The number of aliphatic hydroxyl groups is 3. The van der Waals surface area contributed by atoms with Crippen LogP contribution in [0.4, 0.5) is 18.9 Å². The first-order valence-electron chi connectivity index (χ1n) is 13.1. The van der Waals surface area contributed by atoms with Crippen molar-refractivity contribution in [3.8, 4) is 0 Å². The summed E-state index contributed by atoms with van der Waals surface area (Å²) >= 11 is 6.26. The molecular weight excluding hydrogens is 599 g/mol. The van der Waals surface area contributed by atoms with E-state index in [-0.39, 0.29) is 51.4 Å². The molecule has 3 aliphatic rings. The Hall–Kier alpha value is -2.97. The van der Waals surface area contributed by atoms with E-state index in [1.165, 1.54) is 32.2 Å². The maximum absolute atomic E-state index is 13.8. The zero-order valence-electron chi connectivity index (χ0n) is 22.7. The minimum Gasteiger partial charge on any atom is -0.387 e. The van der Waals surface area contributed by atoms with Crippen LogP contribution in [0, 0.1) is 35.2 Å². The Morgan fingerprint density at radius 1 is 1.17 bits per heavy atom. The van der Waals surface area contributed by atoms with E-state index < -0.39 is 67.6 Å². The molecule has 14 heteroatoms. The highest BCUT2D eigenvalue weighted by Crippen LogP contribution is 2.63. The number of carbonyl (C=O) groups is 1. The van der Waals surface area contributed by atoms with Crippen molar-refractivity contribution in [2.45, 2.75) is 61.1 Å². The Bertz CT molecular complexity index is 1640. The normalized spacial score (nSPS) is 26.4. The van der Waals surface area contributed by atoms with Gasteiger partial charge in [-0.3, -0.25) is 4.79 Å². The smallest absolute Gasteiger partial charge is 0.255 e. The number of aromatic nitrogens is 2. The van der Waals surface area contributed by atoms with Crippen LogP contribution in [0.3, 0.4) is 0 Å². The molecule has 3 fully saturated rings. The maximum Gasteiger partial charge on any atom is 0.255 e. The highest BCUT2D eigenvalue weighted by atomic mass is 35.5. The number of aromatic amines is 1. The molecule has 5 N–H and O–H groups in total. The summed E-state index contributed by atoms with van der Waals surface area (Å²) in [7, 11) is -4.12. The van der Waals surface area contributed by atoms with Crippen molar-refractivity contribution in [2.75, 3.05) is 5.32 Å². The highest BCUT2D eigenvalue weighted by Gasteiger charge is 2.66. The molecule has 2 aromatic carbocycles. The second-order valence-electron chi connectivity index (χ2n) is 11.6. The third-order valence-electron chi connectivity index (χ3n) is 8.55. The first-order chi connectivity index (χ1) is 19.5. The van der Waals surface area contributed by atoms with Crippen LogP contribution >= 0.6 is 11.6 Å². The summed E-state index contributed by atoms with van der Waals surface area (Å²) in [5.41, 5.74) is -3.27. The van der Waals surface area contributed by atoms with E-state index in [2.05, 4.69) is 15.3 Å². The predicted octanol–water partition coefficient (Wildman–Crippen LogP) is 4.24. The van der Waals surface area contributed by atoms with E-state index in [4.69, 9.17) is 11.6 Å². The molecule has 0 spiro atoms. The fourth-order valence-corrected chi connectivity index (χ4v) is 8.58. The van der Waals surface area contributed by atoms with Crippen LogP contribution < -0.4 is 5.32 Å². The average molecular weight is 628 g/mol. The van der Waals surface area contributed by atoms with Crippen LogP contribution in [0.1, 0.15) is 61.6 Å². The minimum atomic E-state index is -4.12. The number of carbonyl (C=O) groups excluding carboxylic acids is 1. The van der Waals surface area contributed by atoms with E-state index in [0.29, 0.717) is 12.1 Å². The third kappa shape index (κ3) is 4.90. The lowest BCUT2D eigenvalue weighted by Gasteiger charge is -2.61. The quantitative estimate of drug-likeness (QED) is 0.246. The van der Waals surface area contributed by atoms with Crippen LogP contribution in [-0.2, 0) is 15.4 Å². The van der Waals surface area contributed by atoms with Gasteiger partial charge in [0.05, 0.1) is 32.7 Å². The van der Waals surface area contributed by atoms with Gasteiger partial charge in [-0.25, -0.2) is 26.6 Å². The summed E-state index contributed by atoms with van der Waals surface area (Å²) in [6, 6.07) is 4.70. The number of imidazole rings is 1. The van der Waals surface area contributed by atoms with Crippen LogP contribution in [-0.4, -0.2) is 50.5 Å². The number of nitrogens with one attached hydrogen (secondary N) is 2. The van der Waals surface area contributed by atoms with E-state index in [1.807, 2.05) is 6.92 Å². The molecule has 3 atom stereocenters. The van der Waals surface area contributed by atoms with Crippen molar-refractivity contribution >= 4 is 33.0 Å². The molecule has 3 aliphatic carbocycles. The Balaban J connectivity index is 1.38. The van der Waals surface area contributed by atoms with Crippen molar-refractivity contribution < 1.29 is 41.7 Å². The first kappa shape index (κ1) is 30.5. The maximum atomic E-state index is 13.8. The molecule has 1 amide bonds. The number of H-pyrrole nitrogens is 1. The minimum absolute atomic E-state index is 0.0432. The number of hydrogen-bond acceptors (Lipinski definition) is 7. The van der Waals surface area contributed by atoms with Gasteiger partial charge in [0.2, 0.25) is 0 Å². The molecule has 3 saturated carbocycles. The number of sulfone groups is 1. The number of hydrogen-bond donors (Lipinski definition) is 5. The molecule has 0 saturated heterocycles. The monoisotopic (exact) mass is 627 g/mol. The number of benzene rings is 2. The molecule has 3 unspecified atom stereocenters. The molecule has 2 bridgehead atoms. The van der Waals surface area contributed by atoms with Crippen molar-refractivity contribution in [1.82, 2.24) is 9.97 Å². The average Bonchev–Trinajstić information content (AvgIpc) is 3.42. The second kappa shape index (κ2) is 10.3. The molecule has 6 rings (SSSR count). The van der Waals surface area contributed by atoms with Gasteiger partial charge in [0.25, 0.3) is 5.91 Å². The fraction of sp³-hybridized carbons (Fsp3) is 0.429. The summed E-state index contributed by atoms with van der Waals surface area (Å²) in [4.78, 5) is 19.6. The van der Waals surface area contributed by atoms with Gasteiger partial charge in [-0.05, 0) is 62.6 Å². The first-order valence-corrected chi connectivity index (χ1v) is 15.1. The lowest BCUT2D eigenvalue weighted by molar-refractivity contribution is -0.229. The van der Waals surface area contributed by atoms with Crippen molar-refractivity contribution in [2.24, 2.45) is 17.8 Å². The highest BCUT2D eigenvalue weighted by molar-refractivity contribution is 7.92. The topological polar surface area (TPSA) is 153 Å². The molecule has 0 aliphatic heterocycles. The Morgan fingerprint density at radius 3 is 2.33 bits per heavy atom. The lowest BCUT2D eigenvalue weighted by atomic mass is 9.47.